The molecule has 5 nitrogen and oxygen atoms in total. The van der Waals surface area contributed by atoms with Crippen LogP contribution in [0.3, 0.4) is 0 Å². The molecule has 0 aliphatic carbocycles. The summed E-state index contributed by atoms with van der Waals surface area (Å²) in [5.41, 5.74) is 2.15. The second-order valence-corrected chi connectivity index (χ2v) is 6.49. The van der Waals surface area contributed by atoms with Gasteiger partial charge in [-0.25, -0.2) is 0 Å². The van der Waals surface area contributed by atoms with E-state index in [-0.39, 0.29) is 11.8 Å². The molecule has 0 aliphatic rings. The fourth-order valence-electron chi connectivity index (χ4n) is 2.61. The number of carbonyl (C=O) groups is 2. The van der Waals surface area contributed by atoms with Gasteiger partial charge in [-0.3, -0.25) is 9.59 Å². The average molecular weight is 374 g/mol. The molecule has 0 spiro atoms. The molecule has 5 heteroatoms. The molecule has 28 heavy (non-hydrogen) atoms. The summed E-state index contributed by atoms with van der Waals surface area (Å²) in [4.78, 5) is 24.6. The van der Waals surface area contributed by atoms with Gasteiger partial charge in [-0.1, -0.05) is 35.9 Å². The zero-order valence-corrected chi connectivity index (χ0v) is 15.8. The molecule has 0 fully saturated rings. The molecule has 2 amide bonds. The monoisotopic (exact) mass is 374 g/mol. The lowest BCUT2D eigenvalue weighted by Crippen LogP contribution is -2.41. The summed E-state index contributed by atoms with van der Waals surface area (Å²) in [7, 11) is 0. The van der Waals surface area contributed by atoms with Crippen molar-refractivity contribution in [2.45, 2.75) is 19.9 Å². The summed E-state index contributed by atoms with van der Waals surface area (Å²) in [6.45, 7) is 3.56. The van der Waals surface area contributed by atoms with E-state index in [1.807, 2.05) is 49.4 Å². The molecule has 0 saturated heterocycles. The number of aryl methyl sites for hydroxylation is 1. The lowest BCUT2D eigenvalue weighted by molar-refractivity contribution is -0.117. The summed E-state index contributed by atoms with van der Waals surface area (Å²) in [6.07, 6.45) is 0. The predicted octanol–water partition coefficient (Wildman–Crippen LogP) is 4.54. The van der Waals surface area contributed by atoms with Crippen molar-refractivity contribution in [3.8, 4) is 11.5 Å². The number of para-hydroxylation sites is 1. The lowest BCUT2D eigenvalue weighted by Gasteiger charge is -2.15. The Labute approximate surface area is 164 Å². The van der Waals surface area contributed by atoms with Crippen molar-refractivity contribution in [1.29, 1.82) is 0 Å². The molecule has 3 aromatic carbocycles. The van der Waals surface area contributed by atoms with Crippen LogP contribution in [0.2, 0.25) is 0 Å². The Morgan fingerprint density at radius 1 is 0.857 bits per heavy atom. The van der Waals surface area contributed by atoms with Crippen LogP contribution in [0.25, 0.3) is 0 Å². The molecule has 0 saturated carbocycles. The molecule has 0 heterocycles. The van der Waals surface area contributed by atoms with Gasteiger partial charge in [-0.2, -0.15) is 0 Å². The highest BCUT2D eigenvalue weighted by atomic mass is 16.5. The number of nitrogens with one attached hydrogen (secondary N) is 2. The van der Waals surface area contributed by atoms with Crippen LogP contribution in [0.1, 0.15) is 22.8 Å². The van der Waals surface area contributed by atoms with Gasteiger partial charge in [0.15, 0.2) is 0 Å². The molecule has 3 rings (SSSR count). The molecular formula is C23H22N2O3. The number of carbonyl (C=O) groups excluding carboxylic acids is 2. The average Bonchev–Trinajstić information content (AvgIpc) is 2.70. The highest BCUT2D eigenvalue weighted by molar-refractivity contribution is 6.01. The molecule has 0 aliphatic heterocycles. The van der Waals surface area contributed by atoms with Crippen molar-refractivity contribution < 1.29 is 14.3 Å². The Morgan fingerprint density at radius 2 is 1.54 bits per heavy atom. The second kappa shape index (κ2) is 8.86. The van der Waals surface area contributed by atoms with Crippen LogP contribution in [0, 0.1) is 6.92 Å². The number of amides is 2. The maximum atomic E-state index is 12.4. The highest BCUT2D eigenvalue weighted by Crippen LogP contribution is 2.22. The van der Waals surface area contributed by atoms with Gasteiger partial charge >= 0.3 is 0 Å². The van der Waals surface area contributed by atoms with Gasteiger partial charge in [0.05, 0.1) is 0 Å². The van der Waals surface area contributed by atoms with Gasteiger partial charge in [0.1, 0.15) is 17.5 Å². The summed E-state index contributed by atoms with van der Waals surface area (Å²) in [6, 6.07) is 23.1. The second-order valence-electron chi connectivity index (χ2n) is 6.49. The first kappa shape index (κ1) is 19.2. The van der Waals surface area contributed by atoms with Gasteiger partial charge in [0.2, 0.25) is 5.91 Å². The van der Waals surface area contributed by atoms with Gasteiger partial charge in [0, 0.05) is 11.3 Å². The maximum Gasteiger partial charge on any atom is 0.251 e. The Hall–Kier alpha value is -3.60. The van der Waals surface area contributed by atoms with Crippen LogP contribution in [0.5, 0.6) is 11.5 Å². The van der Waals surface area contributed by atoms with E-state index in [0.717, 1.165) is 11.3 Å². The van der Waals surface area contributed by atoms with Crippen LogP contribution in [0.4, 0.5) is 5.69 Å². The molecule has 0 unspecified atom stereocenters. The van der Waals surface area contributed by atoms with E-state index in [1.165, 1.54) is 0 Å². The van der Waals surface area contributed by atoms with E-state index < -0.39 is 6.04 Å². The van der Waals surface area contributed by atoms with Gasteiger partial charge in [-0.15, -0.1) is 0 Å². The zero-order valence-electron chi connectivity index (χ0n) is 15.8. The van der Waals surface area contributed by atoms with Crippen molar-refractivity contribution in [3.05, 3.63) is 90.0 Å². The molecule has 0 aromatic heterocycles. The number of ether oxygens (including phenoxy) is 1. The van der Waals surface area contributed by atoms with E-state index >= 15 is 0 Å². The third-order valence-electron chi connectivity index (χ3n) is 4.12. The van der Waals surface area contributed by atoms with Crippen LogP contribution >= 0.6 is 0 Å². The minimum Gasteiger partial charge on any atom is -0.457 e. The van der Waals surface area contributed by atoms with E-state index in [9.17, 15) is 9.59 Å². The number of benzene rings is 3. The Bertz CT molecular complexity index is 953. The van der Waals surface area contributed by atoms with Crippen LogP contribution in [-0.2, 0) is 4.79 Å². The third-order valence-corrected chi connectivity index (χ3v) is 4.12. The number of hydrogen-bond acceptors (Lipinski definition) is 3. The first-order valence-corrected chi connectivity index (χ1v) is 9.02. The highest BCUT2D eigenvalue weighted by Gasteiger charge is 2.17. The fraction of sp³-hybridized carbons (Fsp3) is 0.130. The van der Waals surface area contributed by atoms with E-state index in [4.69, 9.17) is 4.74 Å². The summed E-state index contributed by atoms with van der Waals surface area (Å²) in [5, 5.41) is 5.50. The minimum atomic E-state index is -0.673. The quantitative estimate of drug-likeness (QED) is 0.665. The molecule has 0 bridgehead atoms. The van der Waals surface area contributed by atoms with Crippen LogP contribution in [-0.4, -0.2) is 17.9 Å². The lowest BCUT2D eigenvalue weighted by atomic mass is 10.1. The summed E-state index contributed by atoms with van der Waals surface area (Å²) < 4.78 is 5.73. The fourth-order valence-corrected chi connectivity index (χ4v) is 2.61. The van der Waals surface area contributed by atoms with Gasteiger partial charge in [-0.05, 0) is 62.4 Å². The molecule has 142 valence electrons. The van der Waals surface area contributed by atoms with Crippen molar-refractivity contribution in [2.24, 2.45) is 0 Å². The standard InChI is InChI=1S/C23H22N2O3/c1-16-7-6-8-18(15-16)23(27)24-17(2)22(26)25-19-11-13-21(14-12-19)28-20-9-4-3-5-10-20/h3-15,17H,1-2H3,(H,24,27)(H,25,26)/t17-/m0/s1. The maximum absolute atomic E-state index is 12.4. The van der Waals surface area contributed by atoms with E-state index in [0.29, 0.717) is 17.0 Å². The molecule has 3 aromatic rings. The predicted molar refractivity (Wildman–Crippen MR) is 110 cm³/mol. The zero-order chi connectivity index (χ0) is 19.9. The normalized spacial score (nSPS) is 11.4. The largest absolute Gasteiger partial charge is 0.457 e. The Balaban J connectivity index is 1.55. The Kier molecular flexibility index (Phi) is 6.07. The minimum absolute atomic E-state index is 0.280. The topological polar surface area (TPSA) is 67.4 Å². The third kappa shape index (κ3) is 5.20. The van der Waals surface area contributed by atoms with Crippen molar-refractivity contribution >= 4 is 17.5 Å². The number of hydrogen-bond donors (Lipinski definition) is 2. The first-order valence-electron chi connectivity index (χ1n) is 9.02. The van der Waals surface area contributed by atoms with E-state index in [1.54, 1.807) is 43.3 Å². The smallest absolute Gasteiger partial charge is 0.251 e. The number of rotatable bonds is 6. The van der Waals surface area contributed by atoms with Crippen LogP contribution in [0.15, 0.2) is 78.9 Å². The van der Waals surface area contributed by atoms with Gasteiger partial charge < -0.3 is 15.4 Å². The molecular weight excluding hydrogens is 352 g/mol. The number of anilines is 1. The van der Waals surface area contributed by atoms with Crippen LogP contribution < -0.4 is 15.4 Å². The first-order chi connectivity index (χ1) is 13.5. The van der Waals surface area contributed by atoms with Crippen molar-refractivity contribution in [2.75, 3.05) is 5.32 Å². The van der Waals surface area contributed by atoms with Gasteiger partial charge in [0.25, 0.3) is 5.91 Å². The Morgan fingerprint density at radius 3 is 2.21 bits per heavy atom. The van der Waals surface area contributed by atoms with Crippen molar-refractivity contribution in [3.63, 3.8) is 0 Å². The molecule has 1 atom stereocenters. The summed E-state index contributed by atoms with van der Waals surface area (Å²) in [5.74, 6) is 0.840. The van der Waals surface area contributed by atoms with Crippen molar-refractivity contribution in [1.82, 2.24) is 5.32 Å². The summed E-state index contributed by atoms with van der Waals surface area (Å²) >= 11 is 0. The molecule has 2 N–H and O–H groups in total. The molecule has 0 radical (unpaired) electrons. The SMILES string of the molecule is Cc1cccc(C(=O)N[C@@H](C)C(=O)Nc2ccc(Oc3ccccc3)cc2)c1. The van der Waals surface area contributed by atoms with E-state index in [2.05, 4.69) is 10.6 Å².